The quantitative estimate of drug-likeness (QED) is 0.779. The maximum absolute atomic E-state index is 3.54. The van der Waals surface area contributed by atoms with Crippen LogP contribution in [0.25, 0.3) is 0 Å². The zero-order valence-electron chi connectivity index (χ0n) is 11.0. The average Bonchev–Trinajstić information content (AvgIpc) is 2.41. The molecular weight excluding hydrogens is 206 g/mol. The molecule has 0 aliphatic heterocycles. The van der Waals surface area contributed by atoms with E-state index in [-0.39, 0.29) is 0 Å². The summed E-state index contributed by atoms with van der Waals surface area (Å²) in [6.45, 7) is 3.33. The second kappa shape index (κ2) is 6.68. The molecule has 0 heterocycles. The third-order valence-corrected chi connectivity index (χ3v) is 3.97. The molecule has 0 atom stereocenters. The molecule has 17 heavy (non-hydrogen) atoms. The van der Waals surface area contributed by atoms with Gasteiger partial charge in [0, 0.05) is 12.2 Å². The second-order valence-corrected chi connectivity index (χ2v) is 5.27. The Morgan fingerprint density at radius 1 is 1.06 bits per heavy atom. The summed E-state index contributed by atoms with van der Waals surface area (Å²) in [5.74, 6) is 0.978. The van der Waals surface area contributed by atoms with Crippen LogP contribution in [0, 0.1) is 5.92 Å². The van der Waals surface area contributed by atoms with Gasteiger partial charge in [0.25, 0.3) is 0 Å². The molecule has 0 unspecified atom stereocenters. The third-order valence-electron chi connectivity index (χ3n) is 3.97. The molecule has 1 aromatic rings. The van der Waals surface area contributed by atoms with Crippen LogP contribution in [-0.4, -0.2) is 6.54 Å². The summed E-state index contributed by atoms with van der Waals surface area (Å²) < 4.78 is 0. The van der Waals surface area contributed by atoms with Gasteiger partial charge >= 0.3 is 0 Å². The molecule has 1 heteroatoms. The van der Waals surface area contributed by atoms with Crippen LogP contribution < -0.4 is 5.32 Å². The smallest absolute Gasteiger partial charge is 0.0340 e. The summed E-state index contributed by atoms with van der Waals surface area (Å²) in [6, 6.07) is 8.87. The molecule has 1 aliphatic rings. The predicted octanol–water partition coefficient (Wildman–Crippen LogP) is 4.63. The zero-order valence-corrected chi connectivity index (χ0v) is 11.0. The van der Waals surface area contributed by atoms with Crippen molar-refractivity contribution in [2.24, 2.45) is 5.92 Å². The lowest BCUT2D eigenvalue weighted by Crippen LogP contribution is -2.12. The monoisotopic (exact) mass is 231 g/mol. The van der Waals surface area contributed by atoms with Gasteiger partial charge in [0.1, 0.15) is 0 Å². The van der Waals surface area contributed by atoms with E-state index in [0.717, 1.165) is 18.9 Å². The van der Waals surface area contributed by atoms with Crippen LogP contribution in [0.4, 0.5) is 5.69 Å². The number of benzene rings is 1. The highest BCUT2D eigenvalue weighted by Gasteiger charge is 2.12. The predicted molar refractivity (Wildman–Crippen MR) is 75.5 cm³/mol. The van der Waals surface area contributed by atoms with E-state index in [1.54, 1.807) is 0 Å². The Morgan fingerprint density at radius 3 is 2.41 bits per heavy atom. The minimum atomic E-state index is 0.978. The summed E-state index contributed by atoms with van der Waals surface area (Å²) in [5.41, 5.74) is 2.70. The molecule has 1 N–H and O–H groups in total. The normalized spacial score (nSPS) is 17.0. The van der Waals surface area contributed by atoms with Crippen LogP contribution in [0.2, 0.25) is 0 Å². The lowest BCUT2D eigenvalue weighted by molar-refractivity contribution is 0.345. The fourth-order valence-corrected chi connectivity index (χ4v) is 2.75. The van der Waals surface area contributed by atoms with Gasteiger partial charge in [0.15, 0.2) is 0 Å². The van der Waals surface area contributed by atoms with E-state index in [1.165, 1.54) is 49.8 Å². The fraction of sp³-hybridized carbons (Fsp3) is 0.625. The Hall–Kier alpha value is -0.980. The number of hydrogen-bond acceptors (Lipinski definition) is 1. The highest BCUT2D eigenvalue weighted by molar-refractivity contribution is 5.44. The standard InChI is InChI=1S/C16H25N/c1-2-14-8-10-16(11-9-14)17-13-12-15-6-4-3-5-7-15/h8-11,15,17H,2-7,12-13H2,1H3. The van der Waals surface area contributed by atoms with E-state index in [1.807, 2.05) is 0 Å². The maximum atomic E-state index is 3.54. The molecule has 0 bridgehead atoms. The number of hydrogen-bond donors (Lipinski definition) is 1. The minimum Gasteiger partial charge on any atom is -0.385 e. The summed E-state index contributed by atoms with van der Waals surface area (Å²) in [6.07, 6.45) is 9.75. The van der Waals surface area contributed by atoms with Gasteiger partial charge in [-0.3, -0.25) is 0 Å². The van der Waals surface area contributed by atoms with Gasteiger partial charge in [-0.2, -0.15) is 0 Å². The zero-order chi connectivity index (χ0) is 11.9. The number of rotatable bonds is 5. The van der Waals surface area contributed by atoms with Gasteiger partial charge in [0.05, 0.1) is 0 Å². The van der Waals surface area contributed by atoms with E-state index in [2.05, 4.69) is 36.5 Å². The fourth-order valence-electron chi connectivity index (χ4n) is 2.75. The number of nitrogens with one attached hydrogen (secondary N) is 1. The van der Waals surface area contributed by atoms with E-state index >= 15 is 0 Å². The highest BCUT2D eigenvalue weighted by atomic mass is 14.9. The van der Waals surface area contributed by atoms with E-state index in [9.17, 15) is 0 Å². The summed E-state index contributed by atoms with van der Waals surface area (Å²) >= 11 is 0. The molecule has 0 aromatic heterocycles. The maximum Gasteiger partial charge on any atom is 0.0340 e. The Bertz CT molecular complexity index is 309. The Morgan fingerprint density at radius 2 is 1.76 bits per heavy atom. The summed E-state index contributed by atoms with van der Waals surface area (Å²) in [7, 11) is 0. The number of aryl methyl sites for hydroxylation is 1. The molecule has 2 rings (SSSR count). The van der Waals surface area contributed by atoms with Crippen LogP contribution >= 0.6 is 0 Å². The molecule has 0 saturated heterocycles. The van der Waals surface area contributed by atoms with Crippen molar-refractivity contribution in [3.8, 4) is 0 Å². The summed E-state index contributed by atoms with van der Waals surface area (Å²) in [4.78, 5) is 0. The van der Waals surface area contributed by atoms with Gasteiger partial charge < -0.3 is 5.32 Å². The molecular formula is C16H25N. The van der Waals surface area contributed by atoms with Gasteiger partial charge in [-0.1, -0.05) is 51.2 Å². The first kappa shape index (κ1) is 12.5. The van der Waals surface area contributed by atoms with Crippen LogP contribution in [0.15, 0.2) is 24.3 Å². The summed E-state index contributed by atoms with van der Waals surface area (Å²) in [5, 5.41) is 3.54. The highest BCUT2D eigenvalue weighted by Crippen LogP contribution is 2.26. The second-order valence-electron chi connectivity index (χ2n) is 5.27. The minimum absolute atomic E-state index is 0.978. The van der Waals surface area contributed by atoms with Crippen molar-refractivity contribution in [2.75, 3.05) is 11.9 Å². The molecule has 0 spiro atoms. The van der Waals surface area contributed by atoms with Crippen LogP contribution in [0.5, 0.6) is 0 Å². The molecule has 0 amide bonds. The third kappa shape index (κ3) is 4.07. The molecule has 1 aromatic carbocycles. The first-order valence-electron chi connectivity index (χ1n) is 7.21. The SMILES string of the molecule is CCc1ccc(NCCC2CCCCC2)cc1. The lowest BCUT2D eigenvalue weighted by atomic mass is 9.87. The van der Waals surface area contributed by atoms with Crippen molar-refractivity contribution >= 4 is 5.69 Å². The van der Waals surface area contributed by atoms with Crippen LogP contribution in [0.1, 0.15) is 51.0 Å². The Balaban J connectivity index is 1.69. The van der Waals surface area contributed by atoms with Crippen LogP contribution in [-0.2, 0) is 6.42 Å². The van der Waals surface area contributed by atoms with Gasteiger partial charge in [0.2, 0.25) is 0 Å². The molecule has 1 nitrogen and oxygen atoms in total. The topological polar surface area (TPSA) is 12.0 Å². The van der Waals surface area contributed by atoms with E-state index in [0.29, 0.717) is 0 Å². The van der Waals surface area contributed by atoms with Crippen molar-refractivity contribution in [1.29, 1.82) is 0 Å². The lowest BCUT2D eigenvalue weighted by Gasteiger charge is -2.21. The average molecular weight is 231 g/mol. The Kier molecular flexibility index (Phi) is 4.90. The first-order chi connectivity index (χ1) is 8.38. The Labute approximate surface area is 106 Å². The van der Waals surface area contributed by atoms with Gasteiger partial charge in [-0.25, -0.2) is 0 Å². The van der Waals surface area contributed by atoms with Crippen LogP contribution in [0.3, 0.4) is 0 Å². The van der Waals surface area contributed by atoms with Gasteiger partial charge in [-0.15, -0.1) is 0 Å². The number of anilines is 1. The van der Waals surface area contributed by atoms with E-state index in [4.69, 9.17) is 0 Å². The van der Waals surface area contributed by atoms with Crippen molar-refractivity contribution in [2.45, 2.75) is 51.9 Å². The largest absolute Gasteiger partial charge is 0.385 e. The molecule has 1 fully saturated rings. The van der Waals surface area contributed by atoms with Crippen molar-refractivity contribution < 1.29 is 0 Å². The molecule has 1 aliphatic carbocycles. The molecule has 0 radical (unpaired) electrons. The van der Waals surface area contributed by atoms with Gasteiger partial charge in [-0.05, 0) is 36.5 Å². The van der Waals surface area contributed by atoms with Crippen molar-refractivity contribution in [3.05, 3.63) is 29.8 Å². The first-order valence-corrected chi connectivity index (χ1v) is 7.21. The van der Waals surface area contributed by atoms with E-state index < -0.39 is 0 Å². The van der Waals surface area contributed by atoms with Crippen molar-refractivity contribution in [3.63, 3.8) is 0 Å². The molecule has 94 valence electrons. The molecule has 1 saturated carbocycles. The van der Waals surface area contributed by atoms with Crippen molar-refractivity contribution in [1.82, 2.24) is 0 Å².